The maximum absolute atomic E-state index is 12.2. The van der Waals surface area contributed by atoms with Gasteiger partial charge in [0.2, 0.25) is 5.91 Å². The van der Waals surface area contributed by atoms with Crippen molar-refractivity contribution in [3.63, 3.8) is 0 Å². The average molecular weight is 468 g/mol. The molecule has 3 unspecified atom stereocenters. The standard InChI is InChI=1S/C28H53NO4/c1-3-5-7-9-11-13-15-17-19-21-25(31)23-28(33)29-26(24-30)27(32)22-20-18-16-14-12-10-8-6-4-2/h12,14,20,22,25-27,30-32H,3-11,13,15-19,21,23-24H2,1-2H3,(H,29,33)/b14-12+,22-20+. The van der Waals surface area contributed by atoms with E-state index in [0.29, 0.717) is 6.42 Å². The summed E-state index contributed by atoms with van der Waals surface area (Å²) in [6.45, 7) is 4.08. The van der Waals surface area contributed by atoms with Crippen LogP contribution < -0.4 is 5.32 Å². The lowest BCUT2D eigenvalue weighted by atomic mass is 10.0. The zero-order valence-electron chi connectivity index (χ0n) is 21.5. The molecule has 0 aromatic carbocycles. The van der Waals surface area contributed by atoms with Gasteiger partial charge in [-0.3, -0.25) is 4.79 Å². The van der Waals surface area contributed by atoms with Gasteiger partial charge in [-0.2, -0.15) is 0 Å². The van der Waals surface area contributed by atoms with E-state index in [2.05, 4.69) is 31.3 Å². The molecule has 3 atom stereocenters. The summed E-state index contributed by atoms with van der Waals surface area (Å²) >= 11 is 0. The number of hydrogen-bond acceptors (Lipinski definition) is 4. The normalized spacial score (nSPS) is 14.7. The van der Waals surface area contributed by atoms with Crippen LogP contribution >= 0.6 is 0 Å². The van der Waals surface area contributed by atoms with Gasteiger partial charge < -0.3 is 20.6 Å². The third kappa shape index (κ3) is 21.1. The summed E-state index contributed by atoms with van der Waals surface area (Å²) in [5.74, 6) is -0.333. The van der Waals surface area contributed by atoms with Gasteiger partial charge in [-0.05, 0) is 32.1 Å². The number of carbonyl (C=O) groups is 1. The fourth-order valence-corrected chi connectivity index (χ4v) is 3.82. The summed E-state index contributed by atoms with van der Waals surface area (Å²) in [5, 5.41) is 32.6. The number of amides is 1. The lowest BCUT2D eigenvalue weighted by Gasteiger charge is -2.21. The molecule has 194 valence electrons. The molecule has 0 aliphatic rings. The van der Waals surface area contributed by atoms with Crippen molar-refractivity contribution < 1.29 is 20.1 Å². The average Bonchev–Trinajstić information content (AvgIpc) is 2.80. The lowest BCUT2D eigenvalue weighted by molar-refractivity contribution is -0.124. The molecule has 0 fully saturated rings. The van der Waals surface area contributed by atoms with Gasteiger partial charge in [0, 0.05) is 0 Å². The largest absolute Gasteiger partial charge is 0.394 e. The molecule has 0 radical (unpaired) electrons. The molecular formula is C28H53NO4. The SMILES string of the molecule is CCCCC/C=C/CC/C=C/C(O)C(CO)NC(=O)CC(O)CCCCCCCCCCC. The molecule has 0 saturated heterocycles. The topological polar surface area (TPSA) is 89.8 Å². The fraction of sp³-hybridized carbons (Fsp3) is 0.821. The molecular weight excluding hydrogens is 414 g/mol. The third-order valence-electron chi connectivity index (χ3n) is 5.99. The predicted octanol–water partition coefficient (Wildman–Crippen LogP) is 5.97. The molecule has 0 spiro atoms. The van der Waals surface area contributed by atoms with E-state index in [1.165, 1.54) is 64.2 Å². The molecule has 0 heterocycles. The van der Waals surface area contributed by atoms with Crippen molar-refractivity contribution in [3.8, 4) is 0 Å². The van der Waals surface area contributed by atoms with Crippen LogP contribution in [-0.4, -0.2) is 46.1 Å². The van der Waals surface area contributed by atoms with E-state index in [9.17, 15) is 20.1 Å². The second-order valence-corrected chi connectivity index (χ2v) is 9.29. The van der Waals surface area contributed by atoms with Crippen LogP contribution in [0.25, 0.3) is 0 Å². The van der Waals surface area contributed by atoms with E-state index in [4.69, 9.17) is 0 Å². The van der Waals surface area contributed by atoms with Crippen molar-refractivity contribution in [2.75, 3.05) is 6.61 Å². The highest BCUT2D eigenvalue weighted by Gasteiger charge is 2.19. The Hall–Kier alpha value is -1.17. The number of carbonyl (C=O) groups excluding carboxylic acids is 1. The minimum Gasteiger partial charge on any atom is -0.394 e. The zero-order chi connectivity index (χ0) is 24.6. The molecule has 0 aliphatic carbocycles. The Morgan fingerprint density at radius 3 is 1.94 bits per heavy atom. The van der Waals surface area contributed by atoms with E-state index in [1.807, 2.05) is 6.08 Å². The van der Waals surface area contributed by atoms with E-state index in [-0.39, 0.29) is 18.9 Å². The Bertz CT molecular complexity index is 492. The number of allylic oxidation sites excluding steroid dienone is 3. The van der Waals surface area contributed by atoms with Crippen molar-refractivity contribution >= 4 is 5.91 Å². The molecule has 4 N–H and O–H groups in total. The van der Waals surface area contributed by atoms with Gasteiger partial charge >= 0.3 is 0 Å². The number of unbranched alkanes of at least 4 members (excludes halogenated alkanes) is 12. The van der Waals surface area contributed by atoms with Crippen LogP contribution in [0.15, 0.2) is 24.3 Å². The third-order valence-corrected chi connectivity index (χ3v) is 5.99. The van der Waals surface area contributed by atoms with E-state index < -0.39 is 18.2 Å². The summed E-state index contributed by atoms with van der Waals surface area (Å²) in [7, 11) is 0. The maximum atomic E-state index is 12.2. The van der Waals surface area contributed by atoms with Gasteiger partial charge in [0.1, 0.15) is 0 Å². The van der Waals surface area contributed by atoms with Crippen molar-refractivity contribution in [1.82, 2.24) is 5.32 Å². The van der Waals surface area contributed by atoms with Gasteiger partial charge in [0.15, 0.2) is 0 Å². The zero-order valence-corrected chi connectivity index (χ0v) is 21.5. The van der Waals surface area contributed by atoms with Crippen LogP contribution in [-0.2, 0) is 4.79 Å². The van der Waals surface area contributed by atoms with Crippen molar-refractivity contribution in [3.05, 3.63) is 24.3 Å². The summed E-state index contributed by atoms with van der Waals surface area (Å²) in [6.07, 6.45) is 24.4. The van der Waals surface area contributed by atoms with Crippen LogP contribution in [0.1, 0.15) is 123 Å². The minimum absolute atomic E-state index is 0.00672. The molecule has 0 saturated carbocycles. The number of nitrogens with one attached hydrogen (secondary N) is 1. The second-order valence-electron chi connectivity index (χ2n) is 9.29. The Balaban J connectivity index is 3.93. The number of rotatable bonds is 23. The van der Waals surface area contributed by atoms with Gasteiger partial charge in [-0.25, -0.2) is 0 Å². The molecule has 0 aliphatic heterocycles. The van der Waals surface area contributed by atoms with Crippen molar-refractivity contribution in [2.24, 2.45) is 0 Å². The molecule has 33 heavy (non-hydrogen) atoms. The molecule has 5 nitrogen and oxygen atoms in total. The monoisotopic (exact) mass is 467 g/mol. The fourth-order valence-electron chi connectivity index (χ4n) is 3.82. The van der Waals surface area contributed by atoms with Gasteiger partial charge in [0.25, 0.3) is 0 Å². The first-order chi connectivity index (χ1) is 16.0. The Labute approximate surface area is 203 Å². The summed E-state index contributed by atoms with van der Waals surface area (Å²) in [6, 6.07) is -0.752. The number of aliphatic hydroxyl groups excluding tert-OH is 3. The smallest absolute Gasteiger partial charge is 0.222 e. The lowest BCUT2D eigenvalue weighted by Crippen LogP contribution is -2.45. The highest BCUT2D eigenvalue weighted by atomic mass is 16.3. The summed E-state index contributed by atoms with van der Waals surface area (Å²) in [4.78, 5) is 12.2. The van der Waals surface area contributed by atoms with Crippen molar-refractivity contribution in [1.29, 1.82) is 0 Å². The van der Waals surface area contributed by atoms with Crippen LogP contribution in [0.2, 0.25) is 0 Å². The van der Waals surface area contributed by atoms with Crippen LogP contribution in [0.3, 0.4) is 0 Å². The molecule has 1 amide bonds. The summed E-state index contributed by atoms with van der Waals surface area (Å²) in [5.41, 5.74) is 0. The van der Waals surface area contributed by atoms with Gasteiger partial charge in [-0.15, -0.1) is 0 Å². The van der Waals surface area contributed by atoms with E-state index >= 15 is 0 Å². The molecule has 0 rings (SSSR count). The van der Waals surface area contributed by atoms with E-state index in [0.717, 1.165) is 32.1 Å². The predicted molar refractivity (Wildman–Crippen MR) is 139 cm³/mol. The van der Waals surface area contributed by atoms with Crippen molar-refractivity contribution in [2.45, 2.75) is 141 Å². The maximum Gasteiger partial charge on any atom is 0.222 e. The first kappa shape index (κ1) is 31.8. The second kappa shape index (κ2) is 24.0. The first-order valence-electron chi connectivity index (χ1n) is 13.6. The first-order valence-corrected chi connectivity index (χ1v) is 13.6. The molecule has 0 bridgehead atoms. The van der Waals surface area contributed by atoms with Gasteiger partial charge in [-0.1, -0.05) is 109 Å². The Kier molecular flexibility index (Phi) is 23.1. The summed E-state index contributed by atoms with van der Waals surface area (Å²) < 4.78 is 0. The highest BCUT2D eigenvalue weighted by Crippen LogP contribution is 2.12. The number of hydrogen-bond donors (Lipinski definition) is 4. The Morgan fingerprint density at radius 2 is 1.30 bits per heavy atom. The number of aliphatic hydroxyl groups is 3. The minimum atomic E-state index is -0.943. The molecule has 5 heteroatoms. The van der Waals surface area contributed by atoms with Crippen LogP contribution in [0.5, 0.6) is 0 Å². The molecule has 0 aromatic rings. The molecule has 0 aromatic heterocycles. The van der Waals surface area contributed by atoms with E-state index in [1.54, 1.807) is 6.08 Å². The highest BCUT2D eigenvalue weighted by molar-refractivity contribution is 5.76. The Morgan fingerprint density at radius 1 is 0.758 bits per heavy atom. The van der Waals surface area contributed by atoms with Crippen LogP contribution in [0, 0.1) is 0 Å². The van der Waals surface area contributed by atoms with Crippen LogP contribution in [0.4, 0.5) is 0 Å². The quantitative estimate of drug-likeness (QED) is 0.110. The van der Waals surface area contributed by atoms with Gasteiger partial charge in [0.05, 0.1) is 31.3 Å².